The lowest BCUT2D eigenvalue weighted by atomic mass is 9.97. The number of rotatable bonds is 4. The lowest BCUT2D eigenvalue weighted by Gasteiger charge is -2.14. The quantitative estimate of drug-likeness (QED) is 0.815. The minimum Gasteiger partial charge on any atom is -0.493 e. The van der Waals surface area contributed by atoms with Gasteiger partial charge in [-0.2, -0.15) is 0 Å². The minimum atomic E-state index is 0.581. The van der Waals surface area contributed by atoms with Crippen molar-refractivity contribution >= 4 is 5.71 Å². The molecule has 18 heavy (non-hydrogen) atoms. The van der Waals surface area contributed by atoms with Gasteiger partial charge >= 0.3 is 0 Å². The Morgan fingerprint density at radius 3 is 2.67 bits per heavy atom. The predicted molar refractivity (Wildman–Crippen MR) is 73.6 cm³/mol. The molecule has 3 heteroatoms. The molecule has 0 N–H and O–H groups in total. The molecule has 3 nitrogen and oxygen atoms in total. The molecule has 2 rings (SSSR count). The Morgan fingerprint density at radius 2 is 2.00 bits per heavy atom. The van der Waals surface area contributed by atoms with Gasteiger partial charge in [0.25, 0.3) is 0 Å². The lowest BCUT2D eigenvalue weighted by molar-refractivity contribution is 0.354. The van der Waals surface area contributed by atoms with Gasteiger partial charge in [-0.05, 0) is 30.0 Å². The average molecular weight is 245 g/mol. The molecule has 0 saturated heterocycles. The van der Waals surface area contributed by atoms with E-state index in [1.165, 1.54) is 11.3 Å². The summed E-state index contributed by atoms with van der Waals surface area (Å²) in [5.41, 5.74) is 2.42. The third-order valence-electron chi connectivity index (χ3n) is 3.09. The number of nitrogens with zero attached hydrogens (tertiary/aromatic N) is 1. The molecule has 0 radical (unpaired) electrons. The number of hydrogen-bond donors (Lipinski definition) is 0. The highest BCUT2D eigenvalue weighted by atomic mass is 16.5. The predicted octanol–water partition coefficient (Wildman–Crippen LogP) is 3.24. The van der Waals surface area contributed by atoms with Gasteiger partial charge in [0.05, 0.1) is 14.2 Å². The van der Waals surface area contributed by atoms with Crippen molar-refractivity contribution in [3.05, 3.63) is 36.0 Å². The Kier molecular flexibility index (Phi) is 4.03. The minimum absolute atomic E-state index is 0.581. The second-order valence-electron chi connectivity index (χ2n) is 4.58. The van der Waals surface area contributed by atoms with E-state index in [0.717, 1.165) is 24.3 Å². The van der Waals surface area contributed by atoms with Crippen molar-refractivity contribution in [3.8, 4) is 11.5 Å². The molecular weight excluding hydrogens is 226 g/mol. The summed E-state index contributed by atoms with van der Waals surface area (Å²) < 4.78 is 10.5. The lowest BCUT2D eigenvalue weighted by Crippen LogP contribution is -2.10. The Hall–Kier alpha value is -1.77. The van der Waals surface area contributed by atoms with Crippen LogP contribution in [0, 0.1) is 5.92 Å². The van der Waals surface area contributed by atoms with Gasteiger partial charge in [0.1, 0.15) is 0 Å². The summed E-state index contributed by atoms with van der Waals surface area (Å²) in [6.45, 7) is 2.21. The fraction of sp³-hybridized carbons (Fsp3) is 0.400. The first-order valence-corrected chi connectivity index (χ1v) is 6.16. The molecule has 1 aliphatic rings. The van der Waals surface area contributed by atoms with E-state index in [-0.39, 0.29) is 0 Å². The van der Waals surface area contributed by atoms with E-state index >= 15 is 0 Å². The summed E-state index contributed by atoms with van der Waals surface area (Å²) in [6, 6.07) is 6.02. The van der Waals surface area contributed by atoms with Crippen molar-refractivity contribution in [3.63, 3.8) is 0 Å². The Morgan fingerprint density at radius 1 is 1.22 bits per heavy atom. The Balaban J connectivity index is 2.15. The van der Waals surface area contributed by atoms with Crippen LogP contribution in [0.25, 0.3) is 0 Å². The first-order chi connectivity index (χ1) is 8.72. The first-order valence-electron chi connectivity index (χ1n) is 6.16. The highest BCUT2D eigenvalue weighted by Gasteiger charge is 2.11. The topological polar surface area (TPSA) is 30.8 Å². The van der Waals surface area contributed by atoms with Crippen LogP contribution in [0.15, 0.2) is 35.5 Å². The smallest absolute Gasteiger partial charge is 0.160 e. The third kappa shape index (κ3) is 2.92. The molecule has 0 fully saturated rings. The zero-order valence-electron chi connectivity index (χ0n) is 11.1. The van der Waals surface area contributed by atoms with Gasteiger partial charge in [-0.1, -0.05) is 19.1 Å². The van der Waals surface area contributed by atoms with Crippen molar-refractivity contribution in [2.24, 2.45) is 10.9 Å². The summed E-state index contributed by atoms with van der Waals surface area (Å²) in [4.78, 5) is 4.44. The second-order valence-corrected chi connectivity index (χ2v) is 4.58. The monoisotopic (exact) mass is 245 g/mol. The van der Waals surface area contributed by atoms with Gasteiger partial charge in [0.15, 0.2) is 11.5 Å². The molecule has 1 atom stereocenters. The van der Waals surface area contributed by atoms with Crippen molar-refractivity contribution < 1.29 is 9.47 Å². The maximum Gasteiger partial charge on any atom is 0.160 e. The Bertz CT molecular complexity index is 477. The van der Waals surface area contributed by atoms with E-state index in [9.17, 15) is 0 Å². The number of hydrogen-bond acceptors (Lipinski definition) is 3. The van der Waals surface area contributed by atoms with E-state index in [4.69, 9.17) is 9.47 Å². The first kappa shape index (κ1) is 12.7. The molecule has 1 heterocycles. The van der Waals surface area contributed by atoms with Gasteiger partial charge < -0.3 is 9.47 Å². The van der Waals surface area contributed by atoms with E-state index in [1.54, 1.807) is 14.2 Å². The number of aliphatic imine (C=N–C) groups is 1. The van der Waals surface area contributed by atoms with Crippen LogP contribution in [-0.2, 0) is 6.42 Å². The van der Waals surface area contributed by atoms with Gasteiger partial charge in [0, 0.05) is 18.3 Å². The fourth-order valence-corrected chi connectivity index (χ4v) is 2.13. The highest BCUT2D eigenvalue weighted by molar-refractivity contribution is 5.88. The molecule has 0 aliphatic carbocycles. The van der Waals surface area contributed by atoms with Crippen molar-refractivity contribution in [1.82, 2.24) is 0 Å². The van der Waals surface area contributed by atoms with E-state index in [2.05, 4.69) is 24.1 Å². The normalized spacial score (nSPS) is 18.4. The average Bonchev–Trinajstić information content (AvgIpc) is 2.38. The second kappa shape index (κ2) is 5.71. The van der Waals surface area contributed by atoms with Gasteiger partial charge in [-0.15, -0.1) is 0 Å². The van der Waals surface area contributed by atoms with Crippen LogP contribution in [0.5, 0.6) is 11.5 Å². The SMILES string of the molecule is COc1ccc(CC2=NC=CC(C)C2)cc1OC. The zero-order valence-corrected chi connectivity index (χ0v) is 11.1. The third-order valence-corrected chi connectivity index (χ3v) is 3.09. The number of benzene rings is 1. The summed E-state index contributed by atoms with van der Waals surface area (Å²) in [6.07, 6.45) is 5.95. The summed E-state index contributed by atoms with van der Waals surface area (Å²) in [5, 5.41) is 0. The van der Waals surface area contributed by atoms with E-state index in [1.807, 2.05) is 18.3 Å². The fourth-order valence-electron chi connectivity index (χ4n) is 2.13. The molecule has 1 unspecified atom stereocenters. The standard InChI is InChI=1S/C15H19NO2/c1-11-6-7-16-13(8-11)9-12-4-5-14(17-2)15(10-12)18-3/h4-7,10-11H,8-9H2,1-3H3. The van der Waals surface area contributed by atoms with Crippen molar-refractivity contribution in [1.29, 1.82) is 0 Å². The van der Waals surface area contributed by atoms with Crippen LogP contribution in [0.1, 0.15) is 18.9 Å². The zero-order chi connectivity index (χ0) is 13.0. The van der Waals surface area contributed by atoms with Gasteiger partial charge in [0.2, 0.25) is 0 Å². The van der Waals surface area contributed by atoms with Gasteiger partial charge in [-0.3, -0.25) is 4.99 Å². The van der Waals surface area contributed by atoms with Crippen molar-refractivity contribution in [2.75, 3.05) is 14.2 Å². The van der Waals surface area contributed by atoms with Crippen molar-refractivity contribution in [2.45, 2.75) is 19.8 Å². The van der Waals surface area contributed by atoms with Gasteiger partial charge in [-0.25, -0.2) is 0 Å². The van der Waals surface area contributed by atoms with Crippen LogP contribution in [0.3, 0.4) is 0 Å². The Labute approximate surface area is 108 Å². The van der Waals surface area contributed by atoms with Crippen LogP contribution in [0.2, 0.25) is 0 Å². The van der Waals surface area contributed by atoms with E-state index in [0.29, 0.717) is 5.92 Å². The molecule has 0 spiro atoms. The maximum absolute atomic E-state index is 5.31. The molecular formula is C15H19NO2. The molecule has 1 aromatic rings. The maximum atomic E-state index is 5.31. The number of methoxy groups -OCH3 is 2. The van der Waals surface area contributed by atoms with Crippen LogP contribution in [-0.4, -0.2) is 19.9 Å². The molecule has 0 saturated carbocycles. The molecule has 1 aliphatic heterocycles. The number of ether oxygens (including phenoxy) is 2. The highest BCUT2D eigenvalue weighted by Crippen LogP contribution is 2.28. The number of allylic oxidation sites excluding steroid dienone is 1. The summed E-state index contributed by atoms with van der Waals surface area (Å²) in [5.74, 6) is 2.12. The molecule has 96 valence electrons. The summed E-state index contributed by atoms with van der Waals surface area (Å²) in [7, 11) is 3.31. The van der Waals surface area contributed by atoms with Crippen LogP contribution in [0.4, 0.5) is 0 Å². The summed E-state index contributed by atoms with van der Waals surface area (Å²) >= 11 is 0. The molecule has 1 aromatic carbocycles. The molecule has 0 aromatic heterocycles. The largest absolute Gasteiger partial charge is 0.493 e. The molecule has 0 bridgehead atoms. The van der Waals surface area contributed by atoms with E-state index < -0.39 is 0 Å². The molecule has 0 amide bonds. The van der Waals surface area contributed by atoms with Crippen LogP contribution >= 0.6 is 0 Å². The van der Waals surface area contributed by atoms with Crippen LogP contribution < -0.4 is 9.47 Å².